The van der Waals surface area contributed by atoms with Gasteiger partial charge in [0.1, 0.15) is 18.1 Å². The van der Waals surface area contributed by atoms with Gasteiger partial charge in [-0.1, -0.05) is 6.92 Å². The first-order valence-electron chi connectivity index (χ1n) is 7.81. The van der Waals surface area contributed by atoms with Crippen LogP contribution in [0.15, 0.2) is 24.3 Å². The Bertz CT molecular complexity index is 417. The minimum absolute atomic E-state index is 0.0451. The molecule has 0 saturated carbocycles. The molecular formula is C17H27NO3. The van der Waals surface area contributed by atoms with Crippen LogP contribution in [0.25, 0.3) is 0 Å². The molecule has 4 heteroatoms. The molecule has 4 nitrogen and oxygen atoms in total. The second-order valence-electron chi connectivity index (χ2n) is 6.05. The van der Waals surface area contributed by atoms with Crippen molar-refractivity contribution in [3.05, 3.63) is 24.3 Å². The molecule has 0 atom stereocenters. The third-order valence-corrected chi connectivity index (χ3v) is 3.48. The zero-order valence-electron chi connectivity index (χ0n) is 13.4. The number of hydrogen-bond donors (Lipinski definition) is 0. The SMILES string of the molecule is CCCOc1ccc(OCCN2CCOC(C)(C)C2)cc1. The number of benzene rings is 1. The average molecular weight is 293 g/mol. The Morgan fingerprint density at radius 1 is 1.10 bits per heavy atom. The van der Waals surface area contributed by atoms with E-state index in [1.807, 2.05) is 24.3 Å². The van der Waals surface area contributed by atoms with Gasteiger partial charge in [-0.15, -0.1) is 0 Å². The first-order chi connectivity index (χ1) is 10.1. The molecule has 0 amide bonds. The van der Waals surface area contributed by atoms with Crippen LogP contribution in [0.5, 0.6) is 11.5 Å². The molecule has 21 heavy (non-hydrogen) atoms. The Morgan fingerprint density at radius 2 is 1.71 bits per heavy atom. The minimum atomic E-state index is -0.0451. The maximum Gasteiger partial charge on any atom is 0.119 e. The molecule has 1 heterocycles. The zero-order chi connectivity index (χ0) is 15.1. The molecule has 0 spiro atoms. The van der Waals surface area contributed by atoms with Crippen LogP contribution < -0.4 is 9.47 Å². The molecule has 2 rings (SSSR count). The number of ether oxygens (including phenoxy) is 3. The van der Waals surface area contributed by atoms with Crippen molar-refractivity contribution in [3.63, 3.8) is 0 Å². The monoisotopic (exact) mass is 293 g/mol. The molecule has 1 aromatic carbocycles. The van der Waals surface area contributed by atoms with Crippen molar-refractivity contribution in [1.82, 2.24) is 4.90 Å². The van der Waals surface area contributed by atoms with E-state index in [2.05, 4.69) is 25.7 Å². The molecule has 1 aliphatic rings. The molecule has 1 aromatic rings. The first kappa shape index (κ1) is 16.1. The van der Waals surface area contributed by atoms with Crippen LogP contribution in [0.4, 0.5) is 0 Å². The molecule has 1 aliphatic heterocycles. The van der Waals surface area contributed by atoms with Crippen molar-refractivity contribution in [1.29, 1.82) is 0 Å². The fourth-order valence-electron chi connectivity index (χ4n) is 2.45. The van der Waals surface area contributed by atoms with Gasteiger partial charge in [-0.05, 0) is 44.5 Å². The van der Waals surface area contributed by atoms with E-state index in [9.17, 15) is 0 Å². The molecule has 0 aromatic heterocycles. The zero-order valence-corrected chi connectivity index (χ0v) is 13.4. The topological polar surface area (TPSA) is 30.9 Å². The van der Waals surface area contributed by atoms with Crippen molar-refractivity contribution >= 4 is 0 Å². The van der Waals surface area contributed by atoms with Crippen LogP contribution >= 0.6 is 0 Å². The van der Waals surface area contributed by atoms with Crippen molar-refractivity contribution in [2.75, 3.05) is 39.5 Å². The molecule has 118 valence electrons. The molecule has 1 fully saturated rings. The van der Waals surface area contributed by atoms with Crippen molar-refractivity contribution in [3.8, 4) is 11.5 Å². The summed E-state index contributed by atoms with van der Waals surface area (Å²) < 4.78 is 17.1. The molecule has 1 saturated heterocycles. The summed E-state index contributed by atoms with van der Waals surface area (Å²) in [5.41, 5.74) is -0.0451. The van der Waals surface area contributed by atoms with Crippen LogP contribution in [0.1, 0.15) is 27.2 Å². The van der Waals surface area contributed by atoms with Crippen LogP contribution in [0.2, 0.25) is 0 Å². The molecule has 0 aliphatic carbocycles. The molecular weight excluding hydrogens is 266 g/mol. The lowest BCUT2D eigenvalue weighted by Crippen LogP contribution is -2.49. The summed E-state index contributed by atoms with van der Waals surface area (Å²) >= 11 is 0. The van der Waals surface area contributed by atoms with E-state index in [0.717, 1.165) is 50.8 Å². The van der Waals surface area contributed by atoms with E-state index in [-0.39, 0.29) is 5.60 Å². The lowest BCUT2D eigenvalue weighted by Gasteiger charge is -2.38. The highest BCUT2D eigenvalue weighted by atomic mass is 16.5. The van der Waals surface area contributed by atoms with Crippen LogP contribution in [-0.4, -0.2) is 50.0 Å². The number of hydrogen-bond acceptors (Lipinski definition) is 4. The Kier molecular flexibility index (Phi) is 5.88. The summed E-state index contributed by atoms with van der Waals surface area (Å²) in [6.45, 7) is 11.5. The van der Waals surface area contributed by atoms with Crippen molar-refractivity contribution < 1.29 is 14.2 Å². The van der Waals surface area contributed by atoms with E-state index in [1.165, 1.54) is 0 Å². The van der Waals surface area contributed by atoms with Crippen molar-refractivity contribution in [2.45, 2.75) is 32.8 Å². The smallest absolute Gasteiger partial charge is 0.119 e. The van der Waals surface area contributed by atoms with Gasteiger partial charge in [0.25, 0.3) is 0 Å². The molecule has 0 N–H and O–H groups in total. The van der Waals surface area contributed by atoms with Crippen LogP contribution in [0.3, 0.4) is 0 Å². The Labute approximate surface area is 128 Å². The number of nitrogens with zero attached hydrogens (tertiary/aromatic N) is 1. The van der Waals surface area contributed by atoms with Gasteiger partial charge < -0.3 is 14.2 Å². The third-order valence-electron chi connectivity index (χ3n) is 3.48. The predicted molar refractivity (Wildman–Crippen MR) is 84.2 cm³/mol. The highest BCUT2D eigenvalue weighted by Crippen LogP contribution is 2.19. The van der Waals surface area contributed by atoms with E-state index < -0.39 is 0 Å². The summed E-state index contributed by atoms with van der Waals surface area (Å²) in [6.07, 6.45) is 1.02. The van der Waals surface area contributed by atoms with E-state index >= 15 is 0 Å². The summed E-state index contributed by atoms with van der Waals surface area (Å²) in [7, 11) is 0. The fourth-order valence-corrected chi connectivity index (χ4v) is 2.45. The number of morpholine rings is 1. The van der Waals surface area contributed by atoms with E-state index in [4.69, 9.17) is 14.2 Å². The lowest BCUT2D eigenvalue weighted by molar-refractivity contribution is -0.0875. The highest BCUT2D eigenvalue weighted by molar-refractivity contribution is 5.31. The van der Waals surface area contributed by atoms with Gasteiger partial charge in [-0.25, -0.2) is 0 Å². The summed E-state index contributed by atoms with van der Waals surface area (Å²) in [4.78, 5) is 2.39. The van der Waals surface area contributed by atoms with Gasteiger partial charge in [0.05, 0.1) is 18.8 Å². The predicted octanol–water partition coefficient (Wildman–Crippen LogP) is 2.97. The van der Waals surface area contributed by atoms with Gasteiger partial charge in [0, 0.05) is 19.6 Å². The normalized spacial score (nSPS) is 18.4. The second kappa shape index (κ2) is 7.66. The third kappa shape index (κ3) is 5.56. The standard InChI is InChI=1S/C17H27NO3/c1-4-11-19-15-5-7-16(8-6-15)20-12-9-18-10-13-21-17(2,3)14-18/h5-8H,4,9-14H2,1-3H3. The molecule has 0 bridgehead atoms. The summed E-state index contributed by atoms with van der Waals surface area (Å²) in [5, 5.41) is 0. The fraction of sp³-hybridized carbons (Fsp3) is 0.647. The minimum Gasteiger partial charge on any atom is -0.494 e. The van der Waals surface area contributed by atoms with Crippen LogP contribution in [-0.2, 0) is 4.74 Å². The Hall–Kier alpha value is -1.26. The first-order valence-corrected chi connectivity index (χ1v) is 7.81. The second-order valence-corrected chi connectivity index (χ2v) is 6.05. The van der Waals surface area contributed by atoms with Gasteiger partial charge in [-0.2, -0.15) is 0 Å². The largest absolute Gasteiger partial charge is 0.494 e. The lowest BCUT2D eigenvalue weighted by atomic mass is 10.1. The van der Waals surface area contributed by atoms with Crippen LogP contribution in [0, 0.1) is 0 Å². The van der Waals surface area contributed by atoms with Gasteiger partial charge in [-0.3, -0.25) is 4.90 Å². The Morgan fingerprint density at radius 3 is 2.29 bits per heavy atom. The average Bonchev–Trinajstić information content (AvgIpc) is 2.45. The maximum atomic E-state index is 5.80. The molecule has 0 radical (unpaired) electrons. The van der Waals surface area contributed by atoms with Crippen molar-refractivity contribution in [2.24, 2.45) is 0 Å². The summed E-state index contributed by atoms with van der Waals surface area (Å²) in [5.74, 6) is 1.80. The highest BCUT2D eigenvalue weighted by Gasteiger charge is 2.26. The van der Waals surface area contributed by atoms with Gasteiger partial charge >= 0.3 is 0 Å². The van der Waals surface area contributed by atoms with Gasteiger partial charge in [0.2, 0.25) is 0 Å². The quantitative estimate of drug-likeness (QED) is 0.773. The Balaban J connectivity index is 1.70. The maximum absolute atomic E-state index is 5.80. The number of rotatable bonds is 7. The van der Waals surface area contributed by atoms with Gasteiger partial charge in [0.15, 0.2) is 0 Å². The molecule has 0 unspecified atom stereocenters. The summed E-state index contributed by atoms with van der Waals surface area (Å²) in [6, 6.07) is 7.86. The van der Waals surface area contributed by atoms with E-state index in [1.54, 1.807) is 0 Å². The van der Waals surface area contributed by atoms with E-state index in [0.29, 0.717) is 6.61 Å².